The van der Waals surface area contributed by atoms with Crippen molar-refractivity contribution in [2.75, 3.05) is 13.2 Å². The summed E-state index contributed by atoms with van der Waals surface area (Å²) in [5.41, 5.74) is 0. The van der Waals surface area contributed by atoms with Crippen LogP contribution >= 0.6 is 0 Å². The predicted molar refractivity (Wildman–Crippen MR) is 316 cm³/mol. The summed E-state index contributed by atoms with van der Waals surface area (Å²) >= 11 is 0. The summed E-state index contributed by atoms with van der Waals surface area (Å²) in [5.74, 6) is -0.865. The van der Waals surface area contributed by atoms with Gasteiger partial charge in [-0.2, -0.15) is 0 Å². The molecule has 0 heterocycles. The second-order valence-electron chi connectivity index (χ2n) is 22.0. The topological polar surface area (TPSA) is 78.9 Å². The van der Waals surface area contributed by atoms with E-state index in [2.05, 4.69) is 57.2 Å². The lowest BCUT2D eigenvalue weighted by Gasteiger charge is -2.18. The number of hydrogen-bond acceptors (Lipinski definition) is 6. The first kappa shape index (κ1) is 70.6. The van der Waals surface area contributed by atoms with E-state index >= 15 is 0 Å². The van der Waals surface area contributed by atoms with Gasteiger partial charge in [-0.15, -0.1) is 0 Å². The van der Waals surface area contributed by atoms with Gasteiger partial charge in [-0.25, -0.2) is 0 Å². The molecule has 0 aliphatic heterocycles. The maximum Gasteiger partial charge on any atom is 0.306 e. The first-order chi connectivity index (χ1) is 36.0. The zero-order valence-electron chi connectivity index (χ0n) is 49.2. The highest BCUT2D eigenvalue weighted by Gasteiger charge is 2.19. The van der Waals surface area contributed by atoms with Gasteiger partial charge in [0, 0.05) is 19.3 Å². The van der Waals surface area contributed by atoms with Crippen LogP contribution in [0.15, 0.2) is 36.5 Å². The Labute approximate surface area is 455 Å². The standard InChI is InChI=1S/C67H124O6/c1-4-7-10-13-16-19-22-25-28-30-32-33-35-37-40-43-46-49-52-55-58-61-67(70)73-64(62-71-65(68)59-56-53-50-47-44-41-38-27-24-21-18-15-12-9-6-3)63-72-66(69)60-57-54-51-48-45-42-39-36-34-31-29-26-23-20-17-14-11-8-5-2/h18,21,26-27,29,38,64H,4-17,19-20,22-25,28,30-37,39-63H2,1-3H3/b21-18-,29-26-,38-27-/t64-/m1/s1. The average molecular weight is 1030 g/mol. The Bertz CT molecular complexity index is 1220. The zero-order valence-corrected chi connectivity index (χ0v) is 49.2. The Morgan fingerprint density at radius 3 is 0.795 bits per heavy atom. The van der Waals surface area contributed by atoms with E-state index in [9.17, 15) is 14.4 Å². The number of carbonyl (C=O) groups is 3. The molecule has 0 aliphatic carbocycles. The highest BCUT2D eigenvalue weighted by molar-refractivity contribution is 5.71. The first-order valence-electron chi connectivity index (χ1n) is 32.5. The minimum Gasteiger partial charge on any atom is -0.462 e. The van der Waals surface area contributed by atoms with E-state index in [1.807, 2.05) is 0 Å². The third-order valence-electron chi connectivity index (χ3n) is 14.6. The van der Waals surface area contributed by atoms with E-state index < -0.39 is 6.10 Å². The molecule has 0 unspecified atom stereocenters. The minimum atomic E-state index is -0.777. The third kappa shape index (κ3) is 60.4. The monoisotopic (exact) mass is 1020 g/mol. The molecule has 6 heteroatoms. The maximum absolute atomic E-state index is 12.9. The van der Waals surface area contributed by atoms with Crippen LogP contribution < -0.4 is 0 Å². The molecule has 1 atom stereocenters. The van der Waals surface area contributed by atoms with E-state index in [-0.39, 0.29) is 31.1 Å². The summed E-state index contributed by atoms with van der Waals surface area (Å²) in [4.78, 5) is 38.3. The number of hydrogen-bond donors (Lipinski definition) is 0. The number of unbranched alkanes of at least 4 members (excludes halogenated alkanes) is 43. The highest BCUT2D eigenvalue weighted by atomic mass is 16.6. The van der Waals surface area contributed by atoms with Crippen LogP contribution in [0.3, 0.4) is 0 Å². The first-order valence-corrected chi connectivity index (χ1v) is 32.5. The minimum absolute atomic E-state index is 0.0736. The summed E-state index contributed by atoms with van der Waals surface area (Å²) < 4.78 is 16.9. The summed E-state index contributed by atoms with van der Waals surface area (Å²) in [6.45, 7) is 6.66. The van der Waals surface area contributed by atoms with Crippen LogP contribution in [0.5, 0.6) is 0 Å². The van der Waals surface area contributed by atoms with Crippen molar-refractivity contribution in [3.8, 4) is 0 Å². The van der Waals surface area contributed by atoms with Crippen molar-refractivity contribution in [2.24, 2.45) is 0 Å². The number of esters is 3. The molecule has 0 aromatic heterocycles. The Morgan fingerprint density at radius 1 is 0.274 bits per heavy atom. The molecule has 0 spiro atoms. The molecular weight excluding hydrogens is 901 g/mol. The van der Waals surface area contributed by atoms with Crippen molar-refractivity contribution < 1.29 is 28.6 Å². The summed E-state index contributed by atoms with van der Waals surface area (Å²) in [6, 6.07) is 0. The fourth-order valence-electron chi connectivity index (χ4n) is 9.71. The Hall–Kier alpha value is -2.37. The van der Waals surface area contributed by atoms with Gasteiger partial charge in [0.1, 0.15) is 13.2 Å². The van der Waals surface area contributed by atoms with Gasteiger partial charge in [-0.3, -0.25) is 14.4 Å². The Morgan fingerprint density at radius 2 is 0.493 bits per heavy atom. The predicted octanol–water partition coefficient (Wildman–Crippen LogP) is 22.0. The molecule has 0 aromatic rings. The maximum atomic E-state index is 12.9. The molecule has 0 aliphatic rings. The van der Waals surface area contributed by atoms with Crippen LogP contribution in [0, 0.1) is 0 Å². The number of rotatable bonds is 60. The number of allylic oxidation sites excluding steroid dienone is 6. The Kier molecular flexibility index (Phi) is 60.2. The van der Waals surface area contributed by atoms with Gasteiger partial charge in [0.15, 0.2) is 6.10 Å². The molecule has 0 saturated carbocycles. The van der Waals surface area contributed by atoms with Gasteiger partial charge >= 0.3 is 17.9 Å². The van der Waals surface area contributed by atoms with Gasteiger partial charge in [-0.05, 0) is 77.0 Å². The van der Waals surface area contributed by atoms with E-state index in [4.69, 9.17) is 14.2 Å². The summed E-state index contributed by atoms with van der Waals surface area (Å²) in [7, 11) is 0. The number of carbonyl (C=O) groups excluding carboxylic acids is 3. The second-order valence-corrected chi connectivity index (χ2v) is 22.0. The molecule has 0 radical (unpaired) electrons. The molecule has 0 rings (SSSR count). The van der Waals surface area contributed by atoms with E-state index in [0.29, 0.717) is 19.3 Å². The lowest BCUT2D eigenvalue weighted by molar-refractivity contribution is -0.167. The summed E-state index contributed by atoms with van der Waals surface area (Å²) in [5, 5.41) is 0. The van der Waals surface area contributed by atoms with Crippen molar-refractivity contribution in [3.63, 3.8) is 0 Å². The lowest BCUT2D eigenvalue weighted by Crippen LogP contribution is -2.30. The van der Waals surface area contributed by atoms with E-state index in [1.54, 1.807) is 0 Å². The molecule has 73 heavy (non-hydrogen) atoms. The fraction of sp³-hybridized carbons (Fsp3) is 0.866. The fourth-order valence-corrected chi connectivity index (χ4v) is 9.71. The quantitative estimate of drug-likeness (QED) is 0.0261. The molecule has 428 valence electrons. The van der Waals surface area contributed by atoms with Crippen LogP contribution in [0.1, 0.15) is 355 Å². The molecule has 6 nitrogen and oxygen atoms in total. The normalized spacial score (nSPS) is 12.2. The van der Waals surface area contributed by atoms with Crippen molar-refractivity contribution in [1.82, 2.24) is 0 Å². The van der Waals surface area contributed by atoms with E-state index in [1.165, 1.54) is 238 Å². The van der Waals surface area contributed by atoms with Gasteiger partial charge < -0.3 is 14.2 Å². The van der Waals surface area contributed by atoms with Crippen LogP contribution in [0.4, 0.5) is 0 Å². The molecule has 0 amide bonds. The van der Waals surface area contributed by atoms with Crippen molar-refractivity contribution in [2.45, 2.75) is 361 Å². The third-order valence-corrected chi connectivity index (χ3v) is 14.6. The molecular formula is C67H124O6. The van der Waals surface area contributed by atoms with Crippen molar-refractivity contribution >= 4 is 17.9 Å². The number of ether oxygens (including phenoxy) is 3. The summed E-state index contributed by atoms with van der Waals surface area (Å²) in [6.07, 6.45) is 75.8. The highest BCUT2D eigenvalue weighted by Crippen LogP contribution is 2.18. The molecule has 0 bridgehead atoms. The Balaban J connectivity index is 4.32. The largest absolute Gasteiger partial charge is 0.462 e. The molecule has 0 N–H and O–H groups in total. The van der Waals surface area contributed by atoms with Crippen LogP contribution in [-0.2, 0) is 28.6 Å². The molecule has 0 saturated heterocycles. The SMILES string of the molecule is CCCCC/C=C\C/C=C\CCCCCCCC(=O)OC[C@H](COC(=O)CCCCCCCCCCC/C=C\CCCCCCCC)OC(=O)CCCCCCCCCCCCCCCCCCCCCCC. The van der Waals surface area contributed by atoms with Gasteiger partial charge in [0.05, 0.1) is 0 Å². The zero-order chi connectivity index (χ0) is 52.9. The molecule has 0 aromatic carbocycles. The smallest absolute Gasteiger partial charge is 0.306 e. The van der Waals surface area contributed by atoms with Crippen LogP contribution in [0.25, 0.3) is 0 Å². The van der Waals surface area contributed by atoms with Gasteiger partial charge in [0.2, 0.25) is 0 Å². The second kappa shape index (κ2) is 62.2. The lowest BCUT2D eigenvalue weighted by atomic mass is 10.0. The molecule has 0 fully saturated rings. The average Bonchev–Trinajstić information content (AvgIpc) is 3.39. The van der Waals surface area contributed by atoms with Crippen LogP contribution in [-0.4, -0.2) is 37.2 Å². The van der Waals surface area contributed by atoms with Crippen LogP contribution in [0.2, 0.25) is 0 Å². The van der Waals surface area contributed by atoms with Crippen molar-refractivity contribution in [3.05, 3.63) is 36.5 Å². The van der Waals surface area contributed by atoms with E-state index in [0.717, 1.165) is 77.0 Å². The van der Waals surface area contributed by atoms with Gasteiger partial charge in [-0.1, -0.05) is 295 Å². The van der Waals surface area contributed by atoms with Gasteiger partial charge in [0.25, 0.3) is 0 Å². The van der Waals surface area contributed by atoms with Crippen molar-refractivity contribution in [1.29, 1.82) is 0 Å².